The van der Waals surface area contributed by atoms with E-state index in [1.165, 1.54) is 0 Å². The van der Waals surface area contributed by atoms with Crippen molar-refractivity contribution < 1.29 is 14.6 Å². The Morgan fingerprint density at radius 2 is 2.00 bits per heavy atom. The van der Waals surface area contributed by atoms with Crippen LogP contribution in [0.5, 0.6) is 5.75 Å². The number of hydrogen-bond acceptors (Lipinski definition) is 3. The number of nitrogens with one attached hydrogen (secondary N) is 1. The first-order valence-corrected chi connectivity index (χ1v) is 5.64. The minimum absolute atomic E-state index is 0.579. The Morgan fingerprint density at radius 1 is 1.28 bits per heavy atom. The largest absolute Gasteiger partial charge is 0.496 e. The summed E-state index contributed by atoms with van der Waals surface area (Å²) >= 11 is 0. The zero-order valence-corrected chi connectivity index (χ0v) is 10.3. The molecule has 2 N–H and O–H groups in total. The van der Waals surface area contributed by atoms with Gasteiger partial charge >= 0.3 is 5.97 Å². The van der Waals surface area contributed by atoms with Gasteiger partial charge in [-0.3, -0.25) is 4.79 Å². The quantitative estimate of drug-likeness (QED) is 0.867. The second kappa shape index (κ2) is 5.06. The van der Waals surface area contributed by atoms with Crippen molar-refractivity contribution in [2.75, 3.05) is 14.2 Å². The zero-order chi connectivity index (χ0) is 13.1. The number of carboxylic acid groups (broad SMARTS) is 1. The van der Waals surface area contributed by atoms with Crippen LogP contribution < -0.4 is 10.1 Å². The van der Waals surface area contributed by atoms with Crippen molar-refractivity contribution in [3.05, 3.63) is 42.0 Å². The number of aliphatic carboxylic acids is 1. The van der Waals surface area contributed by atoms with E-state index >= 15 is 0 Å². The molecule has 0 radical (unpaired) electrons. The molecule has 0 aliphatic carbocycles. The van der Waals surface area contributed by atoms with E-state index in [0.717, 1.165) is 10.8 Å². The molecule has 2 rings (SSSR count). The molecule has 4 nitrogen and oxygen atoms in total. The van der Waals surface area contributed by atoms with Gasteiger partial charge in [-0.1, -0.05) is 30.3 Å². The van der Waals surface area contributed by atoms with Gasteiger partial charge in [0.2, 0.25) is 0 Å². The van der Waals surface area contributed by atoms with Crippen LogP contribution >= 0.6 is 0 Å². The first kappa shape index (κ1) is 12.4. The summed E-state index contributed by atoms with van der Waals surface area (Å²) in [6.45, 7) is 0. The highest BCUT2D eigenvalue weighted by Gasteiger charge is 2.23. The molecule has 0 aliphatic rings. The summed E-state index contributed by atoms with van der Waals surface area (Å²) in [5, 5.41) is 14.0. The standard InChI is InChI=1S/C14H15NO3/c1-15-13(14(16)17)12-10-6-4-3-5-9(10)7-8-11(12)18-2/h3-8,13,15H,1-2H3,(H,16,17). The smallest absolute Gasteiger partial charge is 0.325 e. The summed E-state index contributed by atoms with van der Waals surface area (Å²) in [7, 11) is 3.17. The number of carbonyl (C=O) groups is 1. The number of methoxy groups -OCH3 is 1. The maximum Gasteiger partial charge on any atom is 0.325 e. The number of carboxylic acids is 1. The van der Waals surface area contributed by atoms with E-state index < -0.39 is 12.0 Å². The molecule has 4 heteroatoms. The topological polar surface area (TPSA) is 58.6 Å². The van der Waals surface area contributed by atoms with Crippen molar-refractivity contribution in [1.82, 2.24) is 5.32 Å². The summed E-state index contributed by atoms with van der Waals surface area (Å²) in [5.41, 5.74) is 0.658. The van der Waals surface area contributed by atoms with E-state index in [1.54, 1.807) is 20.2 Å². The first-order valence-electron chi connectivity index (χ1n) is 5.64. The van der Waals surface area contributed by atoms with Crippen molar-refractivity contribution in [2.24, 2.45) is 0 Å². The molecule has 0 spiro atoms. The van der Waals surface area contributed by atoms with Crippen molar-refractivity contribution in [3.8, 4) is 5.75 Å². The third kappa shape index (κ3) is 2.02. The lowest BCUT2D eigenvalue weighted by Gasteiger charge is -2.18. The fourth-order valence-electron chi connectivity index (χ4n) is 2.14. The summed E-state index contributed by atoms with van der Waals surface area (Å²) in [4.78, 5) is 11.3. The fraction of sp³-hybridized carbons (Fsp3) is 0.214. The van der Waals surface area contributed by atoms with Crippen molar-refractivity contribution in [2.45, 2.75) is 6.04 Å². The van der Waals surface area contributed by atoms with Crippen LogP contribution in [0.25, 0.3) is 10.8 Å². The molecule has 0 aromatic heterocycles. The van der Waals surface area contributed by atoms with Crippen molar-refractivity contribution >= 4 is 16.7 Å². The lowest BCUT2D eigenvalue weighted by atomic mass is 9.97. The van der Waals surface area contributed by atoms with Crippen molar-refractivity contribution in [3.63, 3.8) is 0 Å². The van der Waals surface area contributed by atoms with Gasteiger partial charge < -0.3 is 15.2 Å². The van der Waals surface area contributed by atoms with Crippen LogP contribution in [-0.2, 0) is 4.79 Å². The molecule has 0 heterocycles. The highest BCUT2D eigenvalue weighted by atomic mass is 16.5. The molecule has 1 unspecified atom stereocenters. The molecule has 18 heavy (non-hydrogen) atoms. The predicted octanol–water partition coefficient (Wildman–Crippen LogP) is 2.19. The number of ether oxygens (including phenoxy) is 1. The van der Waals surface area contributed by atoms with Gasteiger partial charge in [-0.15, -0.1) is 0 Å². The van der Waals surface area contributed by atoms with Gasteiger partial charge in [0.25, 0.3) is 0 Å². The van der Waals surface area contributed by atoms with Crippen LogP contribution in [0.4, 0.5) is 0 Å². The van der Waals surface area contributed by atoms with Crippen LogP contribution in [0, 0.1) is 0 Å². The maximum absolute atomic E-state index is 11.3. The SMILES string of the molecule is CNC(C(=O)O)c1c(OC)ccc2ccccc12. The van der Waals surface area contributed by atoms with Crippen LogP contribution in [0.3, 0.4) is 0 Å². The highest BCUT2D eigenvalue weighted by Crippen LogP contribution is 2.33. The fourth-order valence-corrected chi connectivity index (χ4v) is 2.14. The second-order valence-corrected chi connectivity index (χ2v) is 3.96. The summed E-state index contributed by atoms with van der Waals surface area (Å²) in [5.74, 6) is -0.345. The molecular formula is C14H15NO3. The lowest BCUT2D eigenvalue weighted by Crippen LogP contribution is -2.25. The van der Waals surface area contributed by atoms with Gasteiger partial charge in [0.15, 0.2) is 0 Å². The van der Waals surface area contributed by atoms with E-state index in [4.69, 9.17) is 4.74 Å². The molecule has 0 fully saturated rings. The minimum Gasteiger partial charge on any atom is -0.496 e. The maximum atomic E-state index is 11.3. The van der Waals surface area contributed by atoms with Crippen LogP contribution in [0.2, 0.25) is 0 Å². The molecule has 0 aliphatic heterocycles. The molecule has 0 bridgehead atoms. The molecule has 0 saturated heterocycles. The van der Waals surface area contributed by atoms with E-state index in [2.05, 4.69) is 5.32 Å². The van der Waals surface area contributed by atoms with Gasteiger partial charge in [-0.05, 0) is 23.9 Å². The van der Waals surface area contributed by atoms with Gasteiger partial charge in [0.05, 0.1) is 7.11 Å². The van der Waals surface area contributed by atoms with Gasteiger partial charge in [0.1, 0.15) is 11.8 Å². The van der Waals surface area contributed by atoms with Crippen molar-refractivity contribution in [1.29, 1.82) is 0 Å². The first-order chi connectivity index (χ1) is 8.69. The molecule has 1 atom stereocenters. The van der Waals surface area contributed by atoms with Gasteiger partial charge in [0, 0.05) is 5.56 Å². The molecule has 0 saturated carbocycles. The minimum atomic E-state index is -0.924. The molecular weight excluding hydrogens is 230 g/mol. The molecule has 2 aromatic carbocycles. The lowest BCUT2D eigenvalue weighted by molar-refractivity contribution is -0.139. The Morgan fingerprint density at radius 3 is 2.61 bits per heavy atom. The zero-order valence-electron chi connectivity index (χ0n) is 10.3. The van der Waals surface area contributed by atoms with Crippen LogP contribution in [-0.4, -0.2) is 25.2 Å². The highest BCUT2D eigenvalue weighted by molar-refractivity contribution is 5.92. The molecule has 94 valence electrons. The Balaban J connectivity index is 2.75. The van der Waals surface area contributed by atoms with E-state index in [-0.39, 0.29) is 0 Å². The predicted molar refractivity (Wildman–Crippen MR) is 69.9 cm³/mol. The van der Waals surface area contributed by atoms with Gasteiger partial charge in [-0.2, -0.15) is 0 Å². The molecule has 2 aromatic rings. The monoisotopic (exact) mass is 245 g/mol. The Hall–Kier alpha value is -2.07. The Kier molecular flexibility index (Phi) is 3.48. The second-order valence-electron chi connectivity index (χ2n) is 3.96. The summed E-state index contributed by atoms with van der Waals surface area (Å²) < 4.78 is 5.28. The summed E-state index contributed by atoms with van der Waals surface area (Å²) in [6, 6.07) is 10.6. The third-order valence-electron chi connectivity index (χ3n) is 2.97. The number of hydrogen-bond donors (Lipinski definition) is 2. The third-order valence-corrected chi connectivity index (χ3v) is 2.97. The average Bonchev–Trinajstić information content (AvgIpc) is 2.39. The summed E-state index contributed by atoms with van der Waals surface area (Å²) in [6.07, 6.45) is 0. The van der Waals surface area contributed by atoms with Gasteiger partial charge in [-0.25, -0.2) is 0 Å². The number of rotatable bonds is 4. The molecule has 0 amide bonds. The number of fused-ring (bicyclic) bond motifs is 1. The normalized spacial score (nSPS) is 12.3. The van der Waals surface area contributed by atoms with Crippen LogP contribution in [0.15, 0.2) is 36.4 Å². The Bertz CT molecular complexity index is 580. The van der Waals surface area contributed by atoms with E-state index in [9.17, 15) is 9.90 Å². The number of likely N-dealkylation sites (N-methyl/N-ethyl adjacent to an activating group) is 1. The van der Waals surface area contributed by atoms with Crippen LogP contribution in [0.1, 0.15) is 11.6 Å². The Labute approximate surface area is 105 Å². The number of benzene rings is 2. The van der Waals surface area contributed by atoms with E-state index in [1.807, 2.05) is 30.3 Å². The van der Waals surface area contributed by atoms with E-state index in [0.29, 0.717) is 11.3 Å². The average molecular weight is 245 g/mol.